The summed E-state index contributed by atoms with van der Waals surface area (Å²) in [6, 6.07) is 116. The molecule has 0 N–H and O–H groups in total. The molecule has 6 aliphatic heterocycles. The molecule has 20 heteroatoms. The number of hydrogen-bond donors (Lipinski definition) is 0. The molecule has 12 nitrogen and oxygen atoms in total. The first-order valence-corrected chi connectivity index (χ1v) is 53.1. The Labute approximate surface area is 682 Å². The lowest BCUT2D eigenvalue weighted by molar-refractivity contribution is -0.00560. The van der Waals surface area contributed by atoms with Crippen molar-refractivity contribution in [3.63, 3.8) is 0 Å². The second-order valence-electron chi connectivity index (χ2n) is 29.6. The Morgan fingerprint density at radius 2 is 0.207 bits per heavy atom. The molecule has 6 saturated heterocycles. The number of fused-ring (bicyclic) bond motifs is 8. The van der Waals surface area contributed by atoms with E-state index in [9.17, 15) is 0 Å². The molecule has 560 valence electrons. The van der Waals surface area contributed by atoms with Crippen molar-refractivity contribution in [1.29, 1.82) is 0 Å². The van der Waals surface area contributed by atoms with Crippen LogP contribution in [0.1, 0.15) is 44.5 Å². The van der Waals surface area contributed by atoms with Crippen molar-refractivity contribution in [3.8, 4) is 89.0 Å². The highest BCUT2D eigenvalue weighted by Gasteiger charge is 2.82. The van der Waals surface area contributed by atoms with Gasteiger partial charge >= 0.3 is 70.4 Å². The zero-order valence-corrected chi connectivity index (χ0v) is 70.5. The zero-order valence-electron chi connectivity index (χ0n) is 62.5. The largest absolute Gasteiger partial charge is 0.508 e. The second-order valence-corrected chi connectivity index (χ2v) is 51.7. The minimum atomic E-state index is -5.08. The summed E-state index contributed by atoms with van der Waals surface area (Å²) in [4.78, 5) is 0. The molecule has 0 aromatic rings. The highest BCUT2D eigenvalue weighted by Crippen LogP contribution is 2.53. The van der Waals surface area contributed by atoms with E-state index < -0.39 is 70.4 Å². The summed E-state index contributed by atoms with van der Waals surface area (Å²) < 4.78 is 102. The molecule has 6 fully saturated rings. The van der Waals surface area contributed by atoms with Crippen LogP contribution in [-0.4, -0.2) is 70.4 Å². The molecule has 4 atom stereocenters. The van der Waals surface area contributed by atoms with Gasteiger partial charge in [-0.25, -0.2) is 0 Å². The van der Waals surface area contributed by atoms with E-state index in [0.717, 1.165) is 134 Å². The third-order valence-electron chi connectivity index (χ3n) is 21.3. The predicted octanol–water partition coefficient (Wildman–Crippen LogP) is 22.6. The molecule has 0 saturated carbocycles. The highest BCUT2D eigenvalue weighted by molar-refractivity contribution is 7.08. The van der Waals surface area contributed by atoms with Crippen LogP contribution in [-0.2, 0) is 49.4 Å². The van der Waals surface area contributed by atoms with Crippen molar-refractivity contribution in [2.75, 3.05) is 0 Å². The Hall–Kier alpha value is -11.2. The number of rotatable bonds is 16. The van der Waals surface area contributed by atoms with E-state index in [1.54, 1.807) is 0 Å². The Morgan fingerprint density at radius 1 is 0.121 bits per heavy atom. The van der Waals surface area contributed by atoms with Gasteiger partial charge in [0.2, 0.25) is 0 Å². The van der Waals surface area contributed by atoms with Gasteiger partial charge in [-0.1, -0.05) is 291 Å². The van der Waals surface area contributed by atoms with Gasteiger partial charge in [0.1, 0.15) is 0 Å². The van der Waals surface area contributed by atoms with E-state index in [2.05, 4.69) is 194 Å². The molecule has 0 radical (unpaired) electrons. The average molecular weight is 1640 g/mol. The van der Waals surface area contributed by atoms with Crippen molar-refractivity contribution in [3.05, 3.63) is 430 Å². The highest BCUT2D eigenvalue weighted by atomic mass is 28.6. The Balaban J connectivity index is 0.889. The fourth-order valence-corrected chi connectivity index (χ4v) is 57.7. The summed E-state index contributed by atoms with van der Waals surface area (Å²) in [6.45, 7) is 0. The first kappa shape index (κ1) is 72.5. The van der Waals surface area contributed by atoms with Crippen LogP contribution in [0, 0.1) is 0 Å². The summed E-state index contributed by atoms with van der Waals surface area (Å²) in [7, 11) is -40.7. The van der Waals surface area contributed by atoms with Crippen LogP contribution >= 0.6 is 0 Å². The van der Waals surface area contributed by atoms with Crippen LogP contribution in [0.25, 0.3) is 138 Å². The van der Waals surface area contributed by atoms with Crippen LogP contribution in [0.3, 0.4) is 0 Å². The van der Waals surface area contributed by atoms with Crippen molar-refractivity contribution in [2.24, 2.45) is 0 Å². The maximum Gasteiger partial charge on any atom is 0.508 e. The molecule has 16 aliphatic carbocycles. The molecule has 22 rings (SSSR count). The number of hydrogen-bond acceptors (Lipinski definition) is 12. The van der Waals surface area contributed by atoms with Gasteiger partial charge in [-0.3, -0.25) is 0 Å². The summed E-state index contributed by atoms with van der Waals surface area (Å²) in [5.74, 6) is 0. The molecule has 22 aliphatic rings. The van der Waals surface area contributed by atoms with E-state index in [0.29, 0.717) is 0 Å². The van der Waals surface area contributed by atoms with Gasteiger partial charge in [0.15, 0.2) is 0 Å². The average Bonchev–Trinajstić information content (AvgIpc) is 1.01. The van der Waals surface area contributed by atoms with Crippen LogP contribution in [0.5, 0.6) is 0 Å². The molecule has 0 aromatic heterocycles. The van der Waals surface area contributed by atoms with Gasteiger partial charge in [-0.2, -0.15) is 0 Å². The van der Waals surface area contributed by atoms with Gasteiger partial charge in [-0.15, -0.1) is 0 Å². The Kier molecular flexibility index (Phi) is 18.4. The summed E-state index contributed by atoms with van der Waals surface area (Å²) in [6.07, 6.45) is 15.9. The predicted molar refractivity (Wildman–Crippen MR) is 476 cm³/mol. The van der Waals surface area contributed by atoms with E-state index in [1.165, 1.54) is 0 Å². The van der Waals surface area contributed by atoms with Crippen LogP contribution < -0.4 is 0 Å². The lowest BCUT2D eigenvalue weighted by Gasteiger charge is -2.60. The first-order chi connectivity index (χ1) is 56.8. The van der Waals surface area contributed by atoms with Gasteiger partial charge in [0, 0.05) is 0 Å². The molecule has 116 heavy (non-hydrogen) atoms. The van der Waals surface area contributed by atoms with E-state index >= 15 is 0 Å². The van der Waals surface area contributed by atoms with Gasteiger partial charge in [-0.05, 0) is 276 Å². The fourth-order valence-electron chi connectivity index (χ4n) is 16.0. The molecule has 0 amide bonds. The van der Waals surface area contributed by atoms with Crippen LogP contribution in [0.2, 0.25) is 0 Å². The van der Waals surface area contributed by atoms with Crippen molar-refractivity contribution in [1.82, 2.24) is 0 Å². The summed E-state index contributed by atoms with van der Waals surface area (Å²) in [5, 5.41) is 0. The van der Waals surface area contributed by atoms with Crippen LogP contribution in [0.4, 0.5) is 0 Å². The molecular weight excluding hydrogens is 1570 g/mol. The van der Waals surface area contributed by atoms with Gasteiger partial charge in [0.05, 0.1) is 0 Å². The van der Waals surface area contributed by atoms with Crippen molar-refractivity contribution in [2.45, 2.75) is 0 Å². The monoisotopic (exact) mass is 1640 g/mol. The second kappa shape index (κ2) is 29.5. The third kappa shape index (κ3) is 14.7. The normalized spacial score (nSPS) is 25.5. The standard InChI is InChI=1S/C96H72O12Si8/c1-9-25-81-57-73(58-82(81)26-10-1)41-49-109-97-110(50-42-74-59-83-27-11-2-12-28-84(83)60-74)100-113(53-45-77-65-89-33-17-5-18-34-90(89)66-77)102-111(98-109,51-43-75-61-85-29-13-3-14-30-86(85)62-75)104-115(55-47-79-69-93-37-21-7-22-38-94(93)70-79)105-112(99-109,52-44-76-63-87-31-15-4-16-32-88(87)64-76)103-114(101-110,54-46-78-67-91-35-19-6-20-36-92(91)68-78)107-116(106-113,108-115)56-48-80-71-95-39-23-8-24-40-96(95)72-80/h1-72H/b49-41-,50-42-,51-43+,52-44+,53-45+,54-46+,55-47+,56-48+. The minimum Gasteiger partial charge on any atom is -0.367 e. The van der Waals surface area contributed by atoms with E-state index in [4.69, 9.17) is 49.4 Å². The third-order valence-corrected chi connectivity index (χ3v) is 53.2. The Bertz CT molecular complexity index is 4930. The topological polar surface area (TPSA) is 111 Å². The fraction of sp³-hybridized carbons (Fsp3) is 0. The maximum atomic E-state index is 8.49. The SMILES string of the molecule is C(=C/[Si]12O[Si]3(/C=C\c4cc5cccccc-5c4)O[Si]4(/C=C/c5cc6cccccc-6c5)O[Si](/C=C/c5cc6cccccc-6c5)(O1)O[Si]1(/C=C/c5cc6cccccc-6c5)O[Si](/C=C/c5cc6cccccc-6c5)(O2)O[Si](/C=C/c2cc5cccccc-5c2)(O3)O[Si](/C=C/c2cc3cccccc-3c2)(O4)O1)/c1cc2cccccc-2c1. The molecule has 6 heterocycles. The lowest BCUT2D eigenvalue weighted by atomic mass is 10.2. The molecule has 0 aromatic carbocycles. The summed E-state index contributed by atoms with van der Waals surface area (Å²) in [5.41, 5.74) is 38.0. The van der Waals surface area contributed by atoms with Crippen LogP contribution in [0.15, 0.2) is 385 Å². The molecule has 4 unspecified atom stereocenters. The minimum absolute atomic E-state index is 0.826. The maximum absolute atomic E-state index is 8.49. The Morgan fingerprint density at radius 3 is 0.293 bits per heavy atom. The van der Waals surface area contributed by atoms with E-state index in [1.807, 2.05) is 240 Å². The zero-order chi connectivity index (χ0) is 77.3. The van der Waals surface area contributed by atoms with Crippen molar-refractivity contribution < 1.29 is 49.4 Å². The molecular formula is C96H72O12Si8. The summed E-state index contributed by atoms with van der Waals surface area (Å²) >= 11 is 0. The quantitative estimate of drug-likeness (QED) is 0.0859. The first-order valence-electron chi connectivity index (χ1n) is 38.7. The van der Waals surface area contributed by atoms with E-state index in [-0.39, 0.29) is 0 Å². The molecule has 8 bridgehead atoms. The van der Waals surface area contributed by atoms with Crippen molar-refractivity contribution >= 4 is 119 Å². The van der Waals surface area contributed by atoms with Gasteiger partial charge in [0.25, 0.3) is 0 Å². The lowest BCUT2D eigenvalue weighted by Crippen LogP contribution is -2.87. The molecule has 0 spiro atoms. The van der Waals surface area contributed by atoms with Gasteiger partial charge < -0.3 is 49.4 Å². The smallest absolute Gasteiger partial charge is 0.367 e.